The third-order valence-corrected chi connectivity index (χ3v) is 2.59. The topological polar surface area (TPSA) is 21.3 Å². The Morgan fingerprint density at radius 1 is 1.19 bits per heavy atom. The Morgan fingerprint density at radius 3 is 2.44 bits per heavy atom. The van der Waals surface area contributed by atoms with Gasteiger partial charge in [0.1, 0.15) is 0 Å². The first-order valence-corrected chi connectivity index (χ1v) is 6.01. The maximum absolute atomic E-state index is 5.71. The number of hydrogen-bond donors (Lipinski definition) is 1. The van der Waals surface area contributed by atoms with Crippen molar-refractivity contribution >= 4 is 0 Å². The number of benzene rings is 1. The fraction of sp³-hybridized carbons (Fsp3) is 0.571. The molecule has 0 aliphatic carbocycles. The van der Waals surface area contributed by atoms with Gasteiger partial charge < -0.3 is 10.1 Å². The van der Waals surface area contributed by atoms with Crippen LogP contribution in [0.1, 0.15) is 25.8 Å². The van der Waals surface area contributed by atoms with Gasteiger partial charge >= 0.3 is 0 Å². The number of nitrogens with one attached hydrogen (secondary N) is 1. The monoisotopic (exact) mass is 221 g/mol. The molecule has 0 heterocycles. The molecule has 0 amide bonds. The zero-order chi connectivity index (χ0) is 11.8. The van der Waals surface area contributed by atoms with E-state index in [9.17, 15) is 0 Å². The summed E-state index contributed by atoms with van der Waals surface area (Å²) in [5.41, 5.74) is 1.24. The molecule has 0 fully saturated rings. The van der Waals surface area contributed by atoms with Gasteiger partial charge in [0, 0.05) is 6.04 Å². The Balaban J connectivity index is 2.23. The minimum absolute atomic E-state index is 0.462. The van der Waals surface area contributed by atoms with Crippen LogP contribution in [-0.4, -0.2) is 19.7 Å². The van der Waals surface area contributed by atoms with E-state index in [0.717, 1.165) is 13.0 Å². The molecule has 1 atom stereocenters. The predicted molar refractivity (Wildman–Crippen MR) is 68.4 cm³/mol. The van der Waals surface area contributed by atoms with Crippen LogP contribution in [0.2, 0.25) is 0 Å². The zero-order valence-electron chi connectivity index (χ0n) is 10.6. The SMILES string of the molecule is CN[C@H](COCc1ccccc1)CC(C)C. The second-order valence-corrected chi connectivity index (χ2v) is 4.62. The standard InChI is InChI=1S/C14H23NO/c1-12(2)9-14(15-3)11-16-10-13-7-5-4-6-8-13/h4-8,12,14-15H,9-11H2,1-3H3/t14-/m0/s1. The molecule has 2 nitrogen and oxygen atoms in total. The lowest BCUT2D eigenvalue weighted by atomic mass is 10.0. The first-order chi connectivity index (χ1) is 7.72. The molecule has 1 rings (SSSR count). The summed E-state index contributed by atoms with van der Waals surface area (Å²) in [6.45, 7) is 5.96. The molecular formula is C14H23NO. The van der Waals surface area contributed by atoms with Crippen LogP contribution < -0.4 is 5.32 Å². The van der Waals surface area contributed by atoms with Crippen molar-refractivity contribution in [3.05, 3.63) is 35.9 Å². The summed E-state index contributed by atoms with van der Waals surface area (Å²) in [6, 6.07) is 10.8. The van der Waals surface area contributed by atoms with Gasteiger partial charge in [0.25, 0.3) is 0 Å². The quantitative estimate of drug-likeness (QED) is 0.764. The minimum atomic E-state index is 0.462. The Labute approximate surface area is 99.0 Å². The maximum atomic E-state index is 5.71. The van der Waals surface area contributed by atoms with Gasteiger partial charge in [-0.25, -0.2) is 0 Å². The molecule has 0 unspecified atom stereocenters. The van der Waals surface area contributed by atoms with E-state index in [-0.39, 0.29) is 0 Å². The van der Waals surface area contributed by atoms with Crippen LogP contribution in [0, 0.1) is 5.92 Å². The minimum Gasteiger partial charge on any atom is -0.375 e. The molecule has 2 heteroatoms. The van der Waals surface area contributed by atoms with E-state index in [4.69, 9.17) is 4.74 Å². The number of hydrogen-bond acceptors (Lipinski definition) is 2. The van der Waals surface area contributed by atoms with Crippen LogP contribution in [0.25, 0.3) is 0 Å². The highest BCUT2D eigenvalue weighted by atomic mass is 16.5. The van der Waals surface area contributed by atoms with Crippen LogP contribution in [0.3, 0.4) is 0 Å². The van der Waals surface area contributed by atoms with Gasteiger partial charge in [-0.05, 0) is 24.9 Å². The normalized spacial score (nSPS) is 13.0. The molecule has 1 N–H and O–H groups in total. The van der Waals surface area contributed by atoms with Crippen LogP contribution in [0.15, 0.2) is 30.3 Å². The largest absolute Gasteiger partial charge is 0.375 e. The van der Waals surface area contributed by atoms with Crippen LogP contribution in [-0.2, 0) is 11.3 Å². The summed E-state index contributed by atoms with van der Waals surface area (Å²) >= 11 is 0. The predicted octanol–water partition coefficient (Wildman–Crippen LogP) is 2.84. The van der Waals surface area contributed by atoms with Gasteiger partial charge in [-0.15, -0.1) is 0 Å². The fourth-order valence-corrected chi connectivity index (χ4v) is 1.73. The summed E-state index contributed by atoms with van der Waals surface area (Å²) in [5, 5.41) is 3.29. The molecule has 0 aliphatic heterocycles. The third kappa shape index (κ3) is 5.29. The molecule has 16 heavy (non-hydrogen) atoms. The van der Waals surface area contributed by atoms with Gasteiger partial charge in [-0.3, -0.25) is 0 Å². The lowest BCUT2D eigenvalue weighted by Crippen LogP contribution is -2.31. The van der Waals surface area contributed by atoms with E-state index in [1.54, 1.807) is 0 Å². The van der Waals surface area contributed by atoms with E-state index in [0.29, 0.717) is 18.6 Å². The Bertz CT molecular complexity index is 271. The van der Waals surface area contributed by atoms with Gasteiger partial charge in [0.2, 0.25) is 0 Å². The van der Waals surface area contributed by atoms with E-state index in [1.807, 2.05) is 25.2 Å². The summed E-state index contributed by atoms with van der Waals surface area (Å²) in [5.74, 6) is 0.706. The molecule has 0 radical (unpaired) electrons. The molecule has 0 bridgehead atoms. The zero-order valence-corrected chi connectivity index (χ0v) is 10.6. The van der Waals surface area contributed by atoms with Crippen LogP contribution in [0.5, 0.6) is 0 Å². The van der Waals surface area contributed by atoms with Gasteiger partial charge in [0.15, 0.2) is 0 Å². The molecule has 0 aliphatic rings. The van der Waals surface area contributed by atoms with Gasteiger partial charge in [0.05, 0.1) is 13.2 Å². The molecule has 1 aromatic carbocycles. The molecule has 0 saturated heterocycles. The van der Waals surface area contributed by atoms with E-state index in [2.05, 4.69) is 31.3 Å². The number of ether oxygens (including phenoxy) is 1. The first-order valence-electron chi connectivity index (χ1n) is 6.01. The van der Waals surface area contributed by atoms with Crippen molar-refractivity contribution in [3.8, 4) is 0 Å². The van der Waals surface area contributed by atoms with Crippen LogP contribution >= 0.6 is 0 Å². The average Bonchev–Trinajstić information content (AvgIpc) is 2.28. The van der Waals surface area contributed by atoms with Gasteiger partial charge in [-0.1, -0.05) is 44.2 Å². The maximum Gasteiger partial charge on any atom is 0.0717 e. The molecule has 1 aromatic rings. The lowest BCUT2D eigenvalue weighted by molar-refractivity contribution is 0.0949. The van der Waals surface area contributed by atoms with Crippen molar-refractivity contribution in [1.29, 1.82) is 0 Å². The van der Waals surface area contributed by atoms with Gasteiger partial charge in [-0.2, -0.15) is 0 Å². The highest BCUT2D eigenvalue weighted by molar-refractivity contribution is 5.13. The summed E-state index contributed by atoms with van der Waals surface area (Å²) in [4.78, 5) is 0. The molecule has 90 valence electrons. The van der Waals surface area contributed by atoms with E-state index < -0.39 is 0 Å². The summed E-state index contributed by atoms with van der Waals surface area (Å²) in [7, 11) is 2.00. The summed E-state index contributed by atoms with van der Waals surface area (Å²) < 4.78 is 5.71. The number of likely N-dealkylation sites (N-methyl/N-ethyl adjacent to an activating group) is 1. The molecule has 0 aromatic heterocycles. The molecule has 0 spiro atoms. The molecule has 0 saturated carbocycles. The second-order valence-electron chi connectivity index (χ2n) is 4.62. The highest BCUT2D eigenvalue weighted by Crippen LogP contribution is 2.06. The van der Waals surface area contributed by atoms with Crippen molar-refractivity contribution in [2.24, 2.45) is 5.92 Å². The van der Waals surface area contributed by atoms with Crippen molar-refractivity contribution < 1.29 is 4.74 Å². The van der Waals surface area contributed by atoms with Crippen molar-refractivity contribution in [3.63, 3.8) is 0 Å². The Hall–Kier alpha value is -0.860. The molecular weight excluding hydrogens is 198 g/mol. The third-order valence-electron chi connectivity index (χ3n) is 2.59. The van der Waals surface area contributed by atoms with Crippen molar-refractivity contribution in [2.45, 2.75) is 32.9 Å². The summed E-state index contributed by atoms with van der Waals surface area (Å²) in [6.07, 6.45) is 1.16. The average molecular weight is 221 g/mol. The lowest BCUT2D eigenvalue weighted by Gasteiger charge is -2.18. The first kappa shape index (κ1) is 13.2. The smallest absolute Gasteiger partial charge is 0.0717 e. The number of rotatable bonds is 7. The van der Waals surface area contributed by atoms with E-state index in [1.165, 1.54) is 5.56 Å². The highest BCUT2D eigenvalue weighted by Gasteiger charge is 2.08. The van der Waals surface area contributed by atoms with Crippen LogP contribution in [0.4, 0.5) is 0 Å². The Morgan fingerprint density at radius 2 is 1.88 bits per heavy atom. The Kier molecular flexibility index (Phi) is 6.12. The fourth-order valence-electron chi connectivity index (χ4n) is 1.73. The van der Waals surface area contributed by atoms with Crippen molar-refractivity contribution in [2.75, 3.05) is 13.7 Å². The second kappa shape index (κ2) is 7.42. The van der Waals surface area contributed by atoms with Crippen molar-refractivity contribution in [1.82, 2.24) is 5.32 Å². The van der Waals surface area contributed by atoms with E-state index >= 15 is 0 Å².